The van der Waals surface area contributed by atoms with Crippen LogP contribution in [-0.4, -0.2) is 33.4 Å². The molecule has 1 aliphatic heterocycles. The lowest BCUT2D eigenvalue weighted by atomic mass is 9.87. The van der Waals surface area contributed by atoms with E-state index in [0.717, 1.165) is 16.0 Å². The predicted molar refractivity (Wildman–Crippen MR) is 100 cm³/mol. The van der Waals surface area contributed by atoms with E-state index >= 15 is 0 Å². The lowest BCUT2D eigenvalue weighted by Gasteiger charge is -2.25. The second-order valence-electron chi connectivity index (χ2n) is 6.21. The lowest BCUT2D eigenvalue weighted by Crippen LogP contribution is -2.25. The average Bonchev–Trinajstić information content (AvgIpc) is 3.30. The van der Waals surface area contributed by atoms with Crippen LogP contribution in [0.3, 0.4) is 0 Å². The molecular weight excluding hydrogens is 366 g/mol. The molecule has 3 heterocycles. The van der Waals surface area contributed by atoms with E-state index in [1.54, 1.807) is 34.3 Å². The minimum Gasteiger partial charge on any atom is -0.482 e. The van der Waals surface area contributed by atoms with Crippen LogP contribution in [-0.2, 0) is 16.1 Å². The Kier molecular flexibility index (Phi) is 4.64. The van der Waals surface area contributed by atoms with E-state index < -0.39 is 12.6 Å². The Hall–Kier alpha value is -3.13. The van der Waals surface area contributed by atoms with Gasteiger partial charge < -0.3 is 15.2 Å². The number of hydrogen-bond acceptors (Lipinski definition) is 5. The van der Waals surface area contributed by atoms with Gasteiger partial charge in [0.25, 0.3) is 0 Å². The Labute approximate surface area is 159 Å². The number of carboxylic acid groups (broad SMARTS) is 1. The van der Waals surface area contributed by atoms with Gasteiger partial charge in [0.15, 0.2) is 6.61 Å². The summed E-state index contributed by atoms with van der Waals surface area (Å²) in [5.74, 6) is -0.241. The molecule has 1 aliphatic rings. The van der Waals surface area contributed by atoms with Crippen LogP contribution in [0.2, 0.25) is 0 Å². The fourth-order valence-corrected chi connectivity index (χ4v) is 3.94. The molecule has 138 valence electrons. The standard InChI is InChI=1S/C19H17N3O4S/c23-17-8-14(13-5-1-2-6-16(13)26-11-18(24)25)15-9-20-22(19(15)21-17)10-12-4-3-7-27-12/h1-7,9,14H,8,10-11H2,(H,21,23)(H,24,25)/t14-/m0/s1. The third kappa shape index (κ3) is 3.56. The maximum absolute atomic E-state index is 12.4. The van der Waals surface area contributed by atoms with Crippen LogP contribution in [0, 0.1) is 0 Å². The van der Waals surface area contributed by atoms with Gasteiger partial charge in [-0.15, -0.1) is 11.3 Å². The van der Waals surface area contributed by atoms with Crippen LogP contribution < -0.4 is 10.1 Å². The highest BCUT2D eigenvalue weighted by Crippen LogP contribution is 2.40. The summed E-state index contributed by atoms with van der Waals surface area (Å²) in [6.45, 7) is 0.150. The monoisotopic (exact) mass is 383 g/mol. The van der Waals surface area contributed by atoms with Crippen LogP contribution in [0.1, 0.15) is 28.3 Å². The summed E-state index contributed by atoms with van der Waals surface area (Å²) in [6, 6.07) is 11.2. The van der Waals surface area contributed by atoms with Crippen LogP contribution >= 0.6 is 11.3 Å². The van der Waals surface area contributed by atoms with Crippen LogP contribution in [0.15, 0.2) is 48.0 Å². The maximum Gasteiger partial charge on any atom is 0.341 e. The van der Waals surface area contributed by atoms with Gasteiger partial charge >= 0.3 is 5.97 Å². The summed E-state index contributed by atoms with van der Waals surface area (Å²) in [7, 11) is 0. The highest BCUT2D eigenvalue weighted by molar-refractivity contribution is 7.09. The van der Waals surface area contributed by atoms with Gasteiger partial charge in [-0.3, -0.25) is 4.79 Å². The zero-order valence-electron chi connectivity index (χ0n) is 14.3. The van der Waals surface area contributed by atoms with Crippen molar-refractivity contribution in [3.8, 4) is 5.75 Å². The number of aromatic nitrogens is 2. The Bertz CT molecular complexity index is 981. The summed E-state index contributed by atoms with van der Waals surface area (Å²) in [4.78, 5) is 24.4. The summed E-state index contributed by atoms with van der Waals surface area (Å²) in [5.41, 5.74) is 1.68. The molecule has 0 fully saturated rings. The lowest BCUT2D eigenvalue weighted by molar-refractivity contribution is -0.139. The summed E-state index contributed by atoms with van der Waals surface area (Å²) >= 11 is 1.63. The predicted octanol–water partition coefficient (Wildman–Crippen LogP) is 2.93. The molecular formula is C19H17N3O4S. The number of aliphatic carboxylic acids is 1. The first-order valence-corrected chi connectivity index (χ1v) is 9.31. The molecule has 0 saturated carbocycles. The number of fused-ring (bicyclic) bond motifs is 1. The smallest absolute Gasteiger partial charge is 0.341 e. The maximum atomic E-state index is 12.4. The first-order chi connectivity index (χ1) is 13.1. The molecule has 3 aromatic rings. The van der Waals surface area contributed by atoms with Gasteiger partial charge in [-0.1, -0.05) is 24.3 Å². The van der Waals surface area contributed by atoms with E-state index in [0.29, 0.717) is 18.1 Å². The molecule has 27 heavy (non-hydrogen) atoms. The van der Waals surface area contributed by atoms with Gasteiger partial charge in [0.2, 0.25) is 5.91 Å². The van der Waals surface area contributed by atoms with E-state index in [4.69, 9.17) is 9.84 Å². The van der Waals surface area contributed by atoms with Gasteiger partial charge in [-0.2, -0.15) is 5.10 Å². The fraction of sp³-hybridized carbons (Fsp3) is 0.211. The number of hydrogen-bond donors (Lipinski definition) is 2. The summed E-state index contributed by atoms with van der Waals surface area (Å²) in [6.07, 6.45) is 2.02. The van der Waals surface area contributed by atoms with Crippen LogP contribution in [0.5, 0.6) is 5.75 Å². The largest absolute Gasteiger partial charge is 0.482 e. The Morgan fingerprint density at radius 1 is 1.30 bits per heavy atom. The van der Waals surface area contributed by atoms with E-state index in [9.17, 15) is 9.59 Å². The van der Waals surface area contributed by atoms with Crippen molar-refractivity contribution >= 4 is 29.0 Å². The number of nitrogens with zero attached hydrogens (tertiary/aromatic N) is 2. The van der Waals surface area contributed by atoms with Crippen molar-refractivity contribution in [1.29, 1.82) is 0 Å². The molecule has 2 N–H and O–H groups in total. The molecule has 1 aromatic carbocycles. The molecule has 0 aliphatic carbocycles. The number of ether oxygens (including phenoxy) is 1. The Morgan fingerprint density at radius 3 is 2.93 bits per heavy atom. The molecule has 0 saturated heterocycles. The number of amides is 1. The minimum atomic E-state index is -1.05. The molecule has 1 amide bonds. The van der Waals surface area contributed by atoms with Crippen LogP contribution in [0.25, 0.3) is 0 Å². The first kappa shape index (κ1) is 17.3. The van der Waals surface area contributed by atoms with E-state index in [1.807, 2.05) is 29.6 Å². The summed E-state index contributed by atoms with van der Waals surface area (Å²) < 4.78 is 7.22. The molecule has 4 rings (SSSR count). The van der Waals surface area contributed by atoms with Crippen LogP contribution in [0.4, 0.5) is 5.82 Å². The molecule has 0 unspecified atom stereocenters. The normalized spacial score (nSPS) is 15.9. The fourth-order valence-electron chi connectivity index (χ4n) is 3.26. The zero-order chi connectivity index (χ0) is 18.8. The third-order valence-electron chi connectivity index (χ3n) is 4.42. The number of carboxylic acids is 1. The van der Waals surface area contributed by atoms with E-state index in [1.165, 1.54) is 0 Å². The number of thiophene rings is 1. The molecule has 7 nitrogen and oxygen atoms in total. The number of carbonyl (C=O) groups excluding carboxylic acids is 1. The van der Waals surface area contributed by atoms with E-state index in [-0.39, 0.29) is 18.2 Å². The second-order valence-corrected chi connectivity index (χ2v) is 7.24. The molecule has 0 radical (unpaired) electrons. The average molecular weight is 383 g/mol. The molecule has 0 spiro atoms. The van der Waals surface area contributed by atoms with Crippen molar-refractivity contribution in [1.82, 2.24) is 9.78 Å². The highest BCUT2D eigenvalue weighted by atomic mass is 32.1. The minimum absolute atomic E-state index is 0.103. The number of carbonyl (C=O) groups is 2. The highest BCUT2D eigenvalue weighted by Gasteiger charge is 2.31. The topological polar surface area (TPSA) is 93.4 Å². The van der Waals surface area contributed by atoms with Gasteiger partial charge in [-0.05, 0) is 17.5 Å². The molecule has 1 atom stereocenters. The zero-order valence-corrected chi connectivity index (χ0v) is 15.1. The quantitative estimate of drug-likeness (QED) is 0.683. The van der Waals surface area contributed by atoms with Crippen molar-refractivity contribution in [2.24, 2.45) is 0 Å². The number of rotatable bonds is 6. The van der Waals surface area contributed by atoms with Gasteiger partial charge in [0, 0.05) is 28.3 Å². The first-order valence-electron chi connectivity index (χ1n) is 8.43. The molecule has 8 heteroatoms. The second kappa shape index (κ2) is 7.24. The van der Waals surface area contributed by atoms with Crippen molar-refractivity contribution in [2.75, 3.05) is 11.9 Å². The number of benzene rings is 1. The number of anilines is 1. The van der Waals surface area contributed by atoms with Gasteiger partial charge in [0.1, 0.15) is 11.6 Å². The number of para-hydroxylation sites is 1. The van der Waals surface area contributed by atoms with Crippen molar-refractivity contribution in [3.63, 3.8) is 0 Å². The molecule has 2 aromatic heterocycles. The van der Waals surface area contributed by atoms with Crippen molar-refractivity contribution < 1.29 is 19.4 Å². The van der Waals surface area contributed by atoms with Gasteiger partial charge in [-0.25, -0.2) is 9.48 Å². The molecule has 0 bridgehead atoms. The summed E-state index contributed by atoms with van der Waals surface area (Å²) in [5, 5.41) is 18.3. The van der Waals surface area contributed by atoms with Crippen molar-refractivity contribution in [2.45, 2.75) is 18.9 Å². The van der Waals surface area contributed by atoms with E-state index in [2.05, 4.69) is 10.4 Å². The number of nitrogens with one attached hydrogen (secondary N) is 1. The third-order valence-corrected chi connectivity index (χ3v) is 5.28. The SMILES string of the molecule is O=C(O)COc1ccccc1[C@@H]1CC(=O)Nc2c1cnn2Cc1cccs1. The van der Waals surface area contributed by atoms with Gasteiger partial charge in [0.05, 0.1) is 12.7 Å². The Balaban J connectivity index is 1.69. The van der Waals surface area contributed by atoms with Crippen molar-refractivity contribution in [3.05, 3.63) is 64.0 Å². The Morgan fingerprint density at radius 2 is 2.15 bits per heavy atom.